The van der Waals surface area contributed by atoms with Gasteiger partial charge in [-0.3, -0.25) is 14.9 Å². The zero-order valence-corrected chi connectivity index (χ0v) is 13.5. The third-order valence-corrected chi connectivity index (χ3v) is 3.37. The molecule has 1 amide bonds. The minimum atomic E-state index is -0.804. The van der Waals surface area contributed by atoms with Gasteiger partial charge >= 0.3 is 5.97 Å². The van der Waals surface area contributed by atoms with E-state index in [1.54, 1.807) is 0 Å². The number of rotatable bonds is 7. The van der Waals surface area contributed by atoms with Gasteiger partial charge in [0.1, 0.15) is 5.69 Å². The summed E-state index contributed by atoms with van der Waals surface area (Å²) in [5.74, 6) is -1.27. The van der Waals surface area contributed by atoms with Crippen molar-refractivity contribution < 1.29 is 19.2 Å². The number of carbonyl (C=O) groups excluding carboxylic acids is 2. The Balaban J connectivity index is 2.12. The summed E-state index contributed by atoms with van der Waals surface area (Å²) in [4.78, 5) is 33.7. The van der Waals surface area contributed by atoms with Crippen LogP contribution < -0.4 is 10.6 Å². The van der Waals surface area contributed by atoms with E-state index < -0.39 is 23.4 Å². The number of nitrogens with one attached hydrogen (secondary N) is 2. The maximum Gasteiger partial charge on any atom is 0.338 e. The van der Waals surface area contributed by atoms with Gasteiger partial charge in [-0.25, -0.2) is 4.79 Å². The first-order valence-electron chi connectivity index (χ1n) is 7.45. The number of hydrogen-bond donors (Lipinski definition) is 2. The number of hydrogen-bond acceptors (Lipinski definition) is 6. The van der Waals surface area contributed by atoms with Crippen molar-refractivity contribution in [2.75, 3.05) is 19.0 Å². The van der Waals surface area contributed by atoms with Crippen LogP contribution in [0.3, 0.4) is 0 Å². The smallest absolute Gasteiger partial charge is 0.338 e. The Kier molecular flexibility index (Phi) is 6.05. The fraction of sp³-hybridized carbons (Fsp3) is 0.176. The van der Waals surface area contributed by atoms with Crippen molar-refractivity contribution in [3.8, 4) is 0 Å². The lowest BCUT2D eigenvalue weighted by molar-refractivity contribution is -0.384. The van der Waals surface area contributed by atoms with Crippen molar-refractivity contribution in [3.05, 3.63) is 69.8 Å². The van der Waals surface area contributed by atoms with Gasteiger partial charge in [-0.05, 0) is 17.7 Å². The molecule has 0 bridgehead atoms. The maximum atomic E-state index is 11.9. The summed E-state index contributed by atoms with van der Waals surface area (Å²) in [6.07, 6.45) is 0. The van der Waals surface area contributed by atoms with Crippen molar-refractivity contribution in [1.29, 1.82) is 0 Å². The van der Waals surface area contributed by atoms with Crippen LogP contribution in [0.15, 0.2) is 48.5 Å². The number of esters is 1. The van der Waals surface area contributed by atoms with E-state index in [4.69, 9.17) is 4.74 Å². The number of nitro benzene ring substituents is 1. The van der Waals surface area contributed by atoms with E-state index in [0.29, 0.717) is 6.54 Å². The normalized spacial score (nSPS) is 9.96. The van der Waals surface area contributed by atoms with E-state index in [-0.39, 0.29) is 16.9 Å². The molecule has 0 heterocycles. The van der Waals surface area contributed by atoms with Gasteiger partial charge in [0.15, 0.2) is 6.61 Å². The molecule has 0 fully saturated rings. The second-order valence-corrected chi connectivity index (χ2v) is 5.08. The van der Waals surface area contributed by atoms with E-state index >= 15 is 0 Å². The molecule has 2 rings (SSSR count). The molecular weight excluding hydrogens is 326 g/mol. The summed E-state index contributed by atoms with van der Waals surface area (Å²) < 4.78 is 4.79. The topological polar surface area (TPSA) is 111 Å². The minimum absolute atomic E-state index is 0.000800. The van der Waals surface area contributed by atoms with Crippen LogP contribution in [-0.2, 0) is 16.1 Å². The first-order valence-corrected chi connectivity index (χ1v) is 7.45. The Hall–Kier alpha value is -3.42. The lowest BCUT2D eigenvalue weighted by atomic mass is 10.1. The molecule has 8 nitrogen and oxygen atoms in total. The molecule has 0 aliphatic rings. The summed E-state index contributed by atoms with van der Waals surface area (Å²) in [6, 6.07) is 13.4. The van der Waals surface area contributed by atoms with Crippen molar-refractivity contribution in [2.24, 2.45) is 0 Å². The molecule has 8 heteroatoms. The molecule has 0 radical (unpaired) electrons. The molecule has 0 spiro atoms. The van der Waals surface area contributed by atoms with Gasteiger partial charge in [-0.1, -0.05) is 30.3 Å². The number of nitro groups is 1. The van der Waals surface area contributed by atoms with Crippen LogP contribution in [0.1, 0.15) is 15.9 Å². The molecule has 2 N–H and O–H groups in total. The van der Waals surface area contributed by atoms with Gasteiger partial charge in [-0.15, -0.1) is 0 Å². The Bertz CT molecular complexity index is 777. The molecule has 25 heavy (non-hydrogen) atoms. The van der Waals surface area contributed by atoms with Crippen LogP contribution in [0, 0.1) is 10.1 Å². The van der Waals surface area contributed by atoms with Crippen LogP contribution in [-0.4, -0.2) is 30.5 Å². The van der Waals surface area contributed by atoms with Gasteiger partial charge in [0, 0.05) is 19.7 Å². The largest absolute Gasteiger partial charge is 0.452 e. The second kappa shape index (κ2) is 8.44. The number of nitrogens with zero attached hydrogens (tertiary/aromatic N) is 1. The Labute approximate surface area is 144 Å². The number of ether oxygens (including phenoxy) is 1. The number of amides is 1. The monoisotopic (exact) mass is 343 g/mol. The van der Waals surface area contributed by atoms with Gasteiger partial charge in [0.25, 0.3) is 11.6 Å². The van der Waals surface area contributed by atoms with Gasteiger partial charge in [0.05, 0.1) is 10.5 Å². The predicted molar refractivity (Wildman–Crippen MR) is 91.2 cm³/mol. The van der Waals surface area contributed by atoms with E-state index in [2.05, 4.69) is 10.6 Å². The van der Waals surface area contributed by atoms with Crippen molar-refractivity contribution >= 4 is 23.3 Å². The van der Waals surface area contributed by atoms with Crippen LogP contribution in [0.4, 0.5) is 11.4 Å². The highest BCUT2D eigenvalue weighted by atomic mass is 16.6. The average molecular weight is 343 g/mol. The van der Waals surface area contributed by atoms with Crippen molar-refractivity contribution in [1.82, 2.24) is 5.32 Å². The van der Waals surface area contributed by atoms with Crippen LogP contribution in [0.2, 0.25) is 0 Å². The quantitative estimate of drug-likeness (QED) is 0.452. The Morgan fingerprint density at radius 2 is 1.88 bits per heavy atom. The minimum Gasteiger partial charge on any atom is -0.452 e. The van der Waals surface area contributed by atoms with Crippen LogP contribution >= 0.6 is 0 Å². The zero-order chi connectivity index (χ0) is 18.2. The molecule has 0 saturated heterocycles. The highest BCUT2D eigenvalue weighted by Gasteiger charge is 2.18. The highest BCUT2D eigenvalue weighted by Crippen LogP contribution is 2.26. The number of likely N-dealkylation sites (N-methyl/N-ethyl adjacent to an activating group) is 1. The van der Waals surface area contributed by atoms with Gasteiger partial charge in [0.2, 0.25) is 0 Å². The van der Waals surface area contributed by atoms with Crippen molar-refractivity contribution in [3.63, 3.8) is 0 Å². The summed E-state index contributed by atoms with van der Waals surface area (Å²) in [6.45, 7) is -0.0424. The van der Waals surface area contributed by atoms with Crippen LogP contribution in [0.25, 0.3) is 0 Å². The van der Waals surface area contributed by atoms with E-state index in [0.717, 1.165) is 11.6 Å². The third-order valence-electron chi connectivity index (χ3n) is 3.37. The summed E-state index contributed by atoms with van der Waals surface area (Å²) in [5.41, 5.74) is 1.01. The molecule has 130 valence electrons. The third kappa shape index (κ3) is 5.03. The molecule has 0 aromatic heterocycles. The zero-order valence-electron chi connectivity index (χ0n) is 13.5. The SMILES string of the molecule is CNC(=O)COC(=O)c1ccc(NCc2ccccc2)c([N+](=O)[O-])c1. The molecule has 0 atom stereocenters. The molecular formula is C17H17N3O5. The summed E-state index contributed by atoms with van der Waals surface area (Å²) >= 11 is 0. The first-order chi connectivity index (χ1) is 12.0. The second-order valence-electron chi connectivity index (χ2n) is 5.08. The Morgan fingerprint density at radius 3 is 2.52 bits per heavy atom. The molecule has 0 aliphatic carbocycles. The van der Waals surface area contributed by atoms with Crippen molar-refractivity contribution in [2.45, 2.75) is 6.54 Å². The molecule has 2 aromatic rings. The summed E-state index contributed by atoms with van der Waals surface area (Å²) in [7, 11) is 1.41. The maximum absolute atomic E-state index is 11.9. The highest BCUT2D eigenvalue weighted by molar-refractivity contribution is 5.93. The van der Waals surface area contributed by atoms with E-state index in [1.165, 1.54) is 19.2 Å². The van der Waals surface area contributed by atoms with Crippen LogP contribution in [0.5, 0.6) is 0 Å². The summed E-state index contributed by atoms with van der Waals surface area (Å²) in [5, 5.41) is 16.6. The molecule has 0 saturated carbocycles. The van der Waals surface area contributed by atoms with E-state index in [1.807, 2.05) is 30.3 Å². The standard InChI is InChI=1S/C17H17N3O5/c1-18-16(21)11-25-17(22)13-7-8-14(15(9-13)20(23)24)19-10-12-5-3-2-4-6-12/h2-9,19H,10-11H2,1H3,(H,18,21). The number of anilines is 1. The van der Waals surface area contributed by atoms with Gasteiger partial charge < -0.3 is 15.4 Å². The molecule has 0 unspecified atom stereocenters. The lowest BCUT2D eigenvalue weighted by Gasteiger charge is -2.09. The number of benzene rings is 2. The first kappa shape index (κ1) is 17.9. The van der Waals surface area contributed by atoms with Gasteiger partial charge in [-0.2, -0.15) is 0 Å². The lowest BCUT2D eigenvalue weighted by Crippen LogP contribution is -2.25. The Morgan fingerprint density at radius 1 is 1.16 bits per heavy atom. The average Bonchev–Trinajstić information content (AvgIpc) is 2.64. The molecule has 0 aliphatic heterocycles. The predicted octanol–water partition coefficient (Wildman–Crippen LogP) is 2.11. The fourth-order valence-corrected chi connectivity index (χ4v) is 2.04. The number of carbonyl (C=O) groups is 2. The fourth-order valence-electron chi connectivity index (χ4n) is 2.04. The van der Waals surface area contributed by atoms with E-state index in [9.17, 15) is 19.7 Å². The molecule has 2 aromatic carbocycles.